The Labute approximate surface area is 249 Å². The summed E-state index contributed by atoms with van der Waals surface area (Å²) >= 11 is 0. The molecule has 0 spiro atoms. The Balaban J connectivity index is 1.30. The van der Waals surface area contributed by atoms with Gasteiger partial charge in [-0.3, -0.25) is 0 Å². The molecule has 8 aromatic carbocycles. The average molecular weight is 571 g/mol. The lowest BCUT2D eigenvalue weighted by Crippen LogP contribution is -1.96. The van der Waals surface area contributed by atoms with Crippen molar-refractivity contribution in [3.8, 4) is 33.4 Å². The lowest BCUT2D eigenvalue weighted by atomic mass is 9.86. The third kappa shape index (κ3) is 3.12. The minimum absolute atomic E-state index is 0.249. The standard InChI is InChI=1S/C40H20F2O2/c41-31-7-3-1-5-25(31)21-9-11-23-19-35-37-27(29(23)17-21)13-15-33-39(37)40-34(43-35)16-14-28-30-18-22(26-6-2-4-8-32(26)42)10-12-24(30)20-36(44-33)38(28)40/h1-20H. The molecule has 206 valence electrons. The first kappa shape index (κ1) is 23.8. The van der Waals surface area contributed by atoms with Crippen molar-refractivity contribution in [3.05, 3.63) is 133 Å². The Kier molecular flexibility index (Phi) is 4.55. The van der Waals surface area contributed by atoms with Gasteiger partial charge < -0.3 is 8.83 Å². The van der Waals surface area contributed by atoms with Crippen LogP contribution in [0.5, 0.6) is 0 Å². The maximum Gasteiger partial charge on any atom is 0.136 e. The second-order valence-corrected chi connectivity index (χ2v) is 11.5. The normalized spacial score (nSPS) is 12.3. The van der Waals surface area contributed by atoms with Gasteiger partial charge in [0, 0.05) is 33.0 Å². The van der Waals surface area contributed by atoms with Crippen LogP contribution in [0.3, 0.4) is 0 Å². The molecule has 0 atom stereocenters. The second kappa shape index (κ2) is 8.42. The summed E-state index contributed by atoms with van der Waals surface area (Å²) in [4.78, 5) is 0. The van der Waals surface area contributed by atoms with Crippen molar-refractivity contribution in [3.63, 3.8) is 0 Å². The Morgan fingerprint density at radius 3 is 1.30 bits per heavy atom. The Morgan fingerprint density at radius 1 is 0.386 bits per heavy atom. The largest absolute Gasteiger partial charge is 0.456 e. The number of fused-ring (bicyclic) bond motifs is 4. The number of hydrogen-bond acceptors (Lipinski definition) is 2. The topological polar surface area (TPSA) is 26.3 Å². The van der Waals surface area contributed by atoms with Gasteiger partial charge in [-0.25, -0.2) is 8.78 Å². The zero-order chi connectivity index (χ0) is 29.1. The Hall–Kier alpha value is -5.74. The van der Waals surface area contributed by atoms with E-state index < -0.39 is 0 Å². The molecule has 0 radical (unpaired) electrons. The minimum atomic E-state index is -0.249. The van der Waals surface area contributed by atoms with E-state index in [1.165, 1.54) is 12.1 Å². The zero-order valence-electron chi connectivity index (χ0n) is 23.1. The van der Waals surface area contributed by atoms with Crippen molar-refractivity contribution in [2.45, 2.75) is 0 Å². The molecule has 2 heterocycles. The number of halogens is 2. The highest BCUT2D eigenvalue weighted by Crippen LogP contribution is 2.50. The highest BCUT2D eigenvalue weighted by atomic mass is 19.1. The maximum absolute atomic E-state index is 14.8. The Morgan fingerprint density at radius 2 is 0.841 bits per heavy atom. The summed E-state index contributed by atoms with van der Waals surface area (Å²) in [6, 6.07) is 38.1. The molecule has 44 heavy (non-hydrogen) atoms. The van der Waals surface area contributed by atoms with Crippen LogP contribution >= 0.6 is 0 Å². The van der Waals surface area contributed by atoms with Gasteiger partial charge >= 0.3 is 0 Å². The van der Waals surface area contributed by atoms with Crippen LogP contribution in [0.15, 0.2) is 130 Å². The fourth-order valence-electron chi connectivity index (χ4n) is 7.18. The molecule has 0 bridgehead atoms. The SMILES string of the molecule is Fc1ccccc1-c1ccc2cc3oc4ccc5c6cc(-c7ccccc7F)ccc6cc6oc7ccc(c2c1)c3c7-c4c65. The molecule has 0 saturated heterocycles. The van der Waals surface area contributed by atoms with Gasteiger partial charge in [-0.15, -0.1) is 0 Å². The van der Waals surface area contributed by atoms with E-state index in [0.717, 1.165) is 87.7 Å². The average Bonchev–Trinajstić information content (AvgIpc) is 3.05. The summed E-state index contributed by atoms with van der Waals surface area (Å²) in [5.74, 6) is -0.498. The van der Waals surface area contributed by atoms with Gasteiger partial charge in [0.15, 0.2) is 0 Å². The smallest absolute Gasteiger partial charge is 0.136 e. The third-order valence-electron chi connectivity index (χ3n) is 9.15. The quantitative estimate of drug-likeness (QED) is 0.153. The van der Waals surface area contributed by atoms with E-state index in [4.69, 9.17) is 8.83 Å². The van der Waals surface area contributed by atoms with Crippen LogP contribution in [0.1, 0.15) is 0 Å². The van der Waals surface area contributed by atoms with Gasteiger partial charge in [-0.05, 0) is 104 Å². The predicted octanol–water partition coefficient (Wildman–Crippen LogP) is 11.9. The highest BCUT2D eigenvalue weighted by Gasteiger charge is 2.26. The molecule has 10 rings (SSSR count). The fourth-order valence-corrected chi connectivity index (χ4v) is 7.18. The lowest BCUT2D eigenvalue weighted by molar-refractivity contribution is 0.631. The summed E-state index contributed by atoms with van der Waals surface area (Å²) in [5, 5.41) is 8.06. The molecule has 0 aromatic heterocycles. The first-order valence-electron chi connectivity index (χ1n) is 14.6. The van der Waals surface area contributed by atoms with E-state index in [1.807, 2.05) is 48.5 Å². The van der Waals surface area contributed by atoms with E-state index in [1.54, 1.807) is 24.3 Å². The van der Waals surface area contributed by atoms with E-state index in [9.17, 15) is 8.78 Å². The van der Waals surface area contributed by atoms with Crippen LogP contribution in [-0.4, -0.2) is 0 Å². The molecule has 4 heteroatoms. The molecule has 0 fully saturated rings. The van der Waals surface area contributed by atoms with Crippen molar-refractivity contribution in [2.75, 3.05) is 0 Å². The fraction of sp³-hybridized carbons (Fsp3) is 0. The molecule has 2 nitrogen and oxygen atoms in total. The van der Waals surface area contributed by atoms with Crippen molar-refractivity contribution < 1.29 is 17.6 Å². The van der Waals surface area contributed by atoms with Crippen molar-refractivity contribution >= 4 is 65.4 Å². The minimum Gasteiger partial charge on any atom is -0.456 e. The number of hydrogen-bond donors (Lipinski definition) is 0. The molecule has 0 aliphatic carbocycles. The van der Waals surface area contributed by atoms with Gasteiger partial charge in [0.25, 0.3) is 0 Å². The van der Waals surface area contributed by atoms with Crippen LogP contribution < -0.4 is 0 Å². The van der Waals surface area contributed by atoms with Crippen molar-refractivity contribution in [2.24, 2.45) is 0 Å². The maximum atomic E-state index is 14.8. The van der Waals surface area contributed by atoms with Gasteiger partial charge in [-0.2, -0.15) is 0 Å². The van der Waals surface area contributed by atoms with E-state index in [0.29, 0.717) is 11.1 Å². The van der Waals surface area contributed by atoms with Crippen molar-refractivity contribution in [1.82, 2.24) is 0 Å². The van der Waals surface area contributed by atoms with Crippen LogP contribution in [0.4, 0.5) is 8.78 Å². The molecular formula is C40H20F2O2. The molecule has 2 aliphatic rings. The van der Waals surface area contributed by atoms with E-state index in [2.05, 4.69) is 36.4 Å². The number of benzene rings is 8. The van der Waals surface area contributed by atoms with Crippen LogP contribution in [-0.2, 0) is 0 Å². The monoisotopic (exact) mass is 570 g/mol. The molecule has 8 aromatic rings. The number of rotatable bonds is 2. The van der Waals surface area contributed by atoms with Crippen LogP contribution in [0, 0.1) is 11.6 Å². The summed E-state index contributed by atoms with van der Waals surface area (Å²) in [6.07, 6.45) is 0. The highest BCUT2D eigenvalue weighted by molar-refractivity contribution is 6.30. The first-order chi connectivity index (χ1) is 21.6. The molecule has 0 amide bonds. The summed E-state index contributed by atoms with van der Waals surface area (Å²) in [5.41, 5.74) is 7.86. The second-order valence-electron chi connectivity index (χ2n) is 11.5. The van der Waals surface area contributed by atoms with Crippen LogP contribution in [0.25, 0.3) is 98.8 Å². The van der Waals surface area contributed by atoms with Crippen molar-refractivity contribution in [1.29, 1.82) is 0 Å². The van der Waals surface area contributed by atoms with E-state index in [-0.39, 0.29) is 11.6 Å². The van der Waals surface area contributed by atoms with E-state index >= 15 is 0 Å². The summed E-state index contributed by atoms with van der Waals surface area (Å²) in [7, 11) is 0. The van der Waals surface area contributed by atoms with Crippen LogP contribution in [0.2, 0.25) is 0 Å². The molecule has 0 unspecified atom stereocenters. The molecule has 2 aliphatic heterocycles. The predicted molar refractivity (Wildman–Crippen MR) is 175 cm³/mol. The Bertz CT molecular complexity index is 2560. The lowest BCUT2D eigenvalue weighted by Gasteiger charge is -2.21. The zero-order valence-corrected chi connectivity index (χ0v) is 23.1. The summed E-state index contributed by atoms with van der Waals surface area (Å²) < 4.78 is 42.8. The van der Waals surface area contributed by atoms with Gasteiger partial charge in [0.1, 0.15) is 34.0 Å². The molecule has 0 N–H and O–H groups in total. The van der Waals surface area contributed by atoms with Gasteiger partial charge in [0.05, 0.1) is 0 Å². The van der Waals surface area contributed by atoms with Gasteiger partial charge in [-0.1, -0.05) is 60.7 Å². The first-order valence-corrected chi connectivity index (χ1v) is 14.6. The van der Waals surface area contributed by atoms with Gasteiger partial charge in [0.2, 0.25) is 0 Å². The molecular weight excluding hydrogens is 550 g/mol. The third-order valence-corrected chi connectivity index (χ3v) is 9.15. The molecule has 0 saturated carbocycles. The summed E-state index contributed by atoms with van der Waals surface area (Å²) in [6.45, 7) is 0.